The van der Waals surface area contributed by atoms with Crippen LogP contribution < -0.4 is 10.6 Å². The van der Waals surface area contributed by atoms with Crippen molar-refractivity contribution in [3.8, 4) is 0 Å². The van der Waals surface area contributed by atoms with Gasteiger partial charge in [-0.2, -0.15) is 0 Å². The number of nitrogens with one attached hydrogen (secondary N) is 2. The number of nitrogens with zero attached hydrogens (tertiary/aromatic N) is 2. The molecule has 4 nitrogen and oxygen atoms in total. The molecule has 0 saturated carbocycles. The van der Waals surface area contributed by atoms with Crippen LogP contribution in [0.4, 0.5) is 11.6 Å². The van der Waals surface area contributed by atoms with Gasteiger partial charge in [-0.25, -0.2) is 9.97 Å². The van der Waals surface area contributed by atoms with Crippen molar-refractivity contribution in [3.05, 3.63) is 46.2 Å². The molecule has 21 heavy (non-hydrogen) atoms. The molecule has 0 atom stereocenters. The number of anilines is 2. The van der Waals surface area contributed by atoms with Gasteiger partial charge in [0.15, 0.2) is 0 Å². The first kappa shape index (κ1) is 15.6. The van der Waals surface area contributed by atoms with Crippen molar-refractivity contribution in [1.82, 2.24) is 9.97 Å². The summed E-state index contributed by atoms with van der Waals surface area (Å²) in [7, 11) is 1.88. The van der Waals surface area contributed by atoms with Crippen molar-refractivity contribution >= 4 is 23.2 Å². The number of rotatable bonds is 6. The second-order valence-corrected chi connectivity index (χ2v) is 5.31. The van der Waals surface area contributed by atoms with Gasteiger partial charge >= 0.3 is 0 Å². The van der Waals surface area contributed by atoms with Crippen molar-refractivity contribution in [2.45, 2.75) is 26.7 Å². The maximum atomic E-state index is 5.89. The third-order valence-corrected chi connectivity index (χ3v) is 3.62. The van der Waals surface area contributed by atoms with E-state index < -0.39 is 0 Å². The fourth-order valence-corrected chi connectivity index (χ4v) is 2.24. The molecule has 0 bridgehead atoms. The molecule has 2 rings (SSSR count). The lowest BCUT2D eigenvalue weighted by Gasteiger charge is -2.13. The van der Waals surface area contributed by atoms with Crippen LogP contribution in [0.25, 0.3) is 0 Å². The van der Waals surface area contributed by atoms with E-state index >= 15 is 0 Å². The highest BCUT2D eigenvalue weighted by Gasteiger charge is 2.08. The number of halogens is 1. The highest BCUT2D eigenvalue weighted by atomic mass is 35.5. The molecule has 2 aromatic rings. The van der Waals surface area contributed by atoms with Gasteiger partial charge in [-0.05, 0) is 31.0 Å². The van der Waals surface area contributed by atoms with E-state index in [0.29, 0.717) is 0 Å². The van der Waals surface area contributed by atoms with Crippen LogP contribution >= 0.6 is 11.6 Å². The van der Waals surface area contributed by atoms with Crippen molar-refractivity contribution in [2.24, 2.45) is 0 Å². The van der Waals surface area contributed by atoms with Gasteiger partial charge in [0.05, 0.1) is 0 Å². The summed E-state index contributed by atoms with van der Waals surface area (Å²) in [6.07, 6.45) is 1.75. The molecule has 112 valence electrons. The molecule has 0 aliphatic carbocycles. The average Bonchev–Trinajstić information content (AvgIpc) is 2.51. The van der Waals surface area contributed by atoms with Crippen LogP contribution in [0.5, 0.6) is 0 Å². The lowest BCUT2D eigenvalue weighted by atomic mass is 10.1. The Morgan fingerprint density at radius 2 is 1.76 bits per heavy atom. The van der Waals surface area contributed by atoms with E-state index in [1.54, 1.807) is 0 Å². The predicted molar refractivity (Wildman–Crippen MR) is 89.3 cm³/mol. The molecule has 0 aliphatic rings. The van der Waals surface area contributed by atoms with Gasteiger partial charge in [0, 0.05) is 30.6 Å². The zero-order chi connectivity index (χ0) is 15.2. The molecule has 0 aliphatic heterocycles. The van der Waals surface area contributed by atoms with Gasteiger partial charge in [-0.3, -0.25) is 0 Å². The Kier molecular flexibility index (Phi) is 5.39. The first-order chi connectivity index (χ1) is 10.1. The summed E-state index contributed by atoms with van der Waals surface area (Å²) in [5, 5.41) is 7.29. The van der Waals surface area contributed by atoms with Crippen molar-refractivity contribution < 1.29 is 0 Å². The lowest BCUT2D eigenvalue weighted by Crippen LogP contribution is -2.11. The molecule has 0 spiro atoms. The lowest BCUT2D eigenvalue weighted by molar-refractivity contribution is 0.917. The van der Waals surface area contributed by atoms with Crippen LogP contribution in [0.1, 0.15) is 23.9 Å². The minimum Gasteiger partial charge on any atom is -0.373 e. The molecular weight excluding hydrogens is 284 g/mol. The SMILES string of the molecule is CCc1nc(NC)c(C)c(NCCc2ccc(Cl)cc2)n1. The van der Waals surface area contributed by atoms with E-state index in [0.717, 1.165) is 47.4 Å². The van der Waals surface area contributed by atoms with Crippen LogP contribution in [-0.4, -0.2) is 23.6 Å². The number of aromatic nitrogens is 2. The van der Waals surface area contributed by atoms with E-state index in [1.165, 1.54) is 5.56 Å². The predicted octanol–water partition coefficient (Wildman–Crippen LogP) is 3.70. The molecule has 0 saturated heterocycles. The number of aryl methyl sites for hydroxylation is 1. The van der Waals surface area contributed by atoms with Gasteiger partial charge in [-0.15, -0.1) is 0 Å². The highest BCUT2D eigenvalue weighted by Crippen LogP contribution is 2.20. The van der Waals surface area contributed by atoms with Crippen LogP contribution in [0, 0.1) is 6.92 Å². The second kappa shape index (κ2) is 7.27. The minimum absolute atomic E-state index is 0.768. The number of hydrogen-bond acceptors (Lipinski definition) is 4. The topological polar surface area (TPSA) is 49.8 Å². The Balaban J connectivity index is 2.03. The molecule has 1 heterocycles. The monoisotopic (exact) mass is 304 g/mol. The van der Waals surface area contributed by atoms with E-state index in [4.69, 9.17) is 11.6 Å². The minimum atomic E-state index is 0.768. The standard InChI is InChI=1S/C16H21ClN4/c1-4-14-20-15(18-3)11(2)16(21-14)19-10-9-12-5-7-13(17)8-6-12/h5-8H,4,9-10H2,1-3H3,(H2,18,19,20,21). The van der Waals surface area contributed by atoms with Gasteiger partial charge in [0.25, 0.3) is 0 Å². The van der Waals surface area contributed by atoms with E-state index in [2.05, 4.69) is 27.5 Å². The van der Waals surface area contributed by atoms with Gasteiger partial charge in [0.2, 0.25) is 0 Å². The Hall–Kier alpha value is -1.81. The van der Waals surface area contributed by atoms with Crippen LogP contribution in [0.3, 0.4) is 0 Å². The van der Waals surface area contributed by atoms with E-state index in [9.17, 15) is 0 Å². The smallest absolute Gasteiger partial charge is 0.134 e. The van der Waals surface area contributed by atoms with Crippen molar-refractivity contribution in [3.63, 3.8) is 0 Å². The summed E-state index contributed by atoms with van der Waals surface area (Å²) >= 11 is 5.89. The van der Waals surface area contributed by atoms with E-state index in [1.807, 2.05) is 38.2 Å². The summed E-state index contributed by atoms with van der Waals surface area (Å²) in [4.78, 5) is 9.03. The molecule has 0 unspecified atom stereocenters. The largest absolute Gasteiger partial charge is 0.373 e. The third kappa shape index (κ3) is 4.08. The van der Waals surface area contributed by atoms with Gasteiger partial charge < -0.3 is 10.6 Å². The van der Waals surface area contributed by atoms with Crippen molar-refractivity contribution in [2.75, 3.05) is 24.2 Å². The fourth-order valence-electron chi connectivity index (χ4n) is 2.11. The van der Waals surface area contributed by atoms with Gasteiger partial charge in [-0.1, -0.05) is 30.7 Å². The Morgan fingerprint density at radius 1 is 1.10 bits per heavy atom. The van der Waals surface area contributed by atoms with Crippen LogP contribution in [-0.2, 0) is 12.8 Å². The number of hydrogen-bond donors (Lipinski definition) is 2. The summed E-state index contributed by atoms with van der Waals surface area (Å²) in [5.74, 6) is 2.63. The molecule has 0 fully saturated rings. The summed E-state index contributed by atoms with van der Waals surface area (Å²) in [6.45, 7) is 4.91. The second-order valence-electron chi connectivity index (χ2n) is 4.87. The maximum Gasteiger partial charge on any atom is 0.134 e. The molecule has 2 N–H and O–H groups in total. The Morgan fingerprint density at radius 3 is 2.38 bits per heavy atom. The van der Waals surface area contributed by atoms with E-state index in [-0.39, 0.29) is 0 Å². The first-order valence-corrected chi connectivity index (χ1v) is 7.55. The maximum absolute atomic E-state index is 5.89. The molecule has 0 radical (unpaired) electrons. The zero-order valence-electron chi connectivity index (χ0n) is 12.7. The fraction of sp³-hybridized carbons (Fsp3) is 0.375. The quantitative estimate of drug-likeness (QED) is 0.854. The molecule has 0 amide bonds. The molecule has 1 aromatic heterocycles. The first-order valence-electron chi connectivity index (χ1n) is 7.17. The Bertz CT molecular complexity index is 596. The molecule has 5 heteroatoms. The number of benzene rings is 1. The van der Waals surface area contributed by atoms with Gasteiger partial charge in [0.1, 0.15) is 17.5 Å². The van der Waals surface area contributed by atoms with Crippen LogP contribution in [0.2, 0.25) is 5.02 Å². The summed E-state index contributed by atoms with van der Waals surface area (Å²) in [6, 6.07) is 7.93. The van der Waals surface area contributed by atoms with Crippen LogP contribution in [0.15, 0.2) is 24.3 Å². The zero-order valence-corrected chi connectivity index (χ0v) is 13.5. The third-order valence-electron chi connectivity index (χ3n) is 3.36. The summed E-state index contributed by atoms with van der Waals surface area (Å²) < 4.78 is 0. The molecule has 1 aromatic carbocycles. The highest BCUT2D eigenvalue weighted by molar-refractivity contribution is 6.30. The summed E-state index contributed by atoms with van der Waals surface area (Å²) in [5.41, 5.74) is 2.30. The normalized spacial score (nSPS) is 10.5. The average molecular weight is 305 g/mol. The Labute approximate surface area is 131 Å². The van der Waals surface area contributed by atoms with Crippen molar-refractivity contribution in [1.29, 1.82) is 0 Å². The molecular formula is C16H21ClN4.